The van der Waals surface area contributed by atoms with Crippen LogP contribution in [0.25, 0.3) is 0 Å². The molecule has 2 aliphatic carbocycles. The minimum Gasteiger partial charge on any atom is -0.323 e. The Labute approximate surface area is 234 Å². The maximum Gasteiger partial charge on any atom is 0.187 e. The van der Waals surface area contributed by atoms with E-state index in [0.717, 1.165) is 23.0 Å². The van der Waals surface area contributed by atoms with Crippen molar-refractivity contribution in [1.82, 2.24) is 0 Å². The Morgan fingerprint density at radius 3 is 1.77 bits per heavy atom. The number of nitrogens with two attached hydrogens (primary N) is 1. The largest absolute Gasteiger partial charge is 0.323 e. The summed E-state index contributed by atoms with van der Waals surface area (Å²) in [4.78, 5) is 26.7. The molecule has 0 radical (unpaired) electrons. The summed E-state index contributed by atoms with van der Waals surface area (Å²) in [6.45, 7) is 0. The number of ketones is 1. The van der Waals surface area contributed by atoms with Gasteiger partial charge in [-0.3, -0.25) is 4.79 Å². The number of hydrazone groups is 1. The maximum atomic E-state index is 13.8. The molecule has 0 aromatic heterocycles. The van der Waals surface area contributed by atoms with Crippen LogP contribution in [0.5, 0.6) is 0 Å². The second-order valence-corrected chi connectivity index (χ2v) is 11.2. The number of benzene rings is 3. The molecule has 1 atom stereocenters. The molecule has 3 aromatic carbocycles. The number of hydrogen-bond acceptors (Lipinski definition) is 8. The number of rotatable bonds is 9. The average Bonchev–Trinajstić information content (AvgIpc) is 3.27. The Bertz CT molecular complexity index is 1380. The van der Waals surface area contributed by atoms with E-state index in [0.29, 0.717) is 38.5 Å². The average molecular weight is 535 g/mol. The van der Waals surface area contributed by atoms with Crippen molar-refractivity contribution < 1.29 is 9.59 Å². The van der Waals surface area contributed by atoms with Crippen molar-refractivity contribution in [3.63, 3.8) is 0 Å². The number of nitrogens with one attached hydrogen (secondary N) is 2. The van der Waals surface area contributed by atoms with E-state index in [1.54, 1.807) is 0 Å². The van der Waals surface area contributed by atoms with E-state index in [4.69, 9.17) is 16.9 Å². The third-order valence-electron chi connectivity index (χ3n) is 9.54. The molecule has 0 bridgehead atoms. The molecule has 0 heterocycles. The molecular weight excluding hydrogens is 500 g/mol. The smallest absolute Gasteiger partial charge is 0.187 e. The Balaban J connectivity index is 1.48. The highest BCUT2D eigenvalue weighted by Gasteiger charge is 2.66. The van der Waals surface area contributed by atoms with Gasteiger partial charge in [0.1, 0.15) is 17.5 Å². The normalized spacial score (nSPS) is 27.5. The Kier molecular flexibility index (Phi) is 7.27. The van der Waals surface area contributed by atoms with E-state index in [2.05, 4.69) is 15.3 Å². The van der Waals surface area contributed by atoms with Crippen LogP contribution in [-0.2, 0) is 20.5 Å². The molecule has 2 saturated carbocycles. The molecule has 2 aliphatic rings. The second kappa shape index (κ2) is 10.7. The molecule has 40 heavy (non-hydrogen) atoms. The van der Waals surface area contributed by atoms with Crippen LogP contribution in [0, 0.1) is 16.5 Å². The summed E-state index contributed by atoms with van der Waals surface area (Å²) in [5.41, 5.74) is 15.7. The van der Waals surface area contributed by atoms with Crippen molar-refractivity contribution in [2.24, 2.45) is 26.6 Å². The number of carbonyl (C=O) groups excluding carboxylic acids is 2. The van der Waals surface area contributed by atoms with E-state index in [1.807, 2.05) is 91.0 Å². The van der Waals surface area contributed by atoms with Gasteiger partial charge in [0.25, 0.3) is 0 Å². The third kappa shape index (κ3) is 4.10. The standard InChI is InChI=1S/C32H34N6O2/c33-36-27-22-32(38-35,26-14-8-3-9-15-26)31(28(27)40)20-17-29(37-34,18-21-31)16-19-30(23-39,24-10-4-1-5-11-24)25-12-6-2-7-13-25/h1-15,23,34-35H,16-22,33H2. The SMILES string of the molecule is N=NC1(CCC(C=O)(c2ccccc2)c2ccccc2)CCC2(CC1)C(=O)C(=NN)CC2(N=N)c1ccccc1. The topological polar surface area (TPSA) is 145 Å². The van der Waals surface area contributed by atoms with Crippen LogP contribution >= 0.6 is 0 Å². The monoisotopic (exact) mass is 534 g/mol. The van der Waals surface area contributed by atoms with Gasteiger partial charge < -0.3 is 10.6 Å². The third-order valence-corrected chi connectivity index (χ3v) is 9.54. The molecule has 204 valence electrons. The lowest BCUT2D eigenvalue weighted by atomic mass is 9.56. The zero-order valence-electron chi connectivity index (χ0n) is 22.4. The molecule has 8 nitrogen and oxygen atoms in total. The molecule has 0 amide bonds. The Morgan fingerprint density at radius 2 is 1.32 bits per heavy atom. The number of carbonyl (C=O) groups is 2. The summed E-state index contributed by atoms with van der Waals surface area (Å²) >= 11 is 0. The van der Waals surface area contributed by atoms with E-state index in [1.165, 1.54) is 0 Å². The second-order valence-electron chi connectivity index (χ2n) is 11.2. The zero-order valence-corrected chi connectivity index (χ0v) is 22.4. The highest BCUT2D eigenvalue weighted by Crippen LogP contribution is 2.61. The summed E-state index contributed by atoms with van der Waals surface area (Å²) in [7, 11) is 0. The van der Waals surface area contributed by atoms with Gasteiger partial charge in [0.15, 0.2) is 5.78 Å². The minimum atomic E-state index is -1.10. The first-order chi connectivity index (χ1) is 19.4. The van der Waals surface area contributed by atoms with Crippen molar-refractivity contribution in [2.75, 3.05) is 0 Å². The van der Waals surface area contributed by atoms with E-state index >= 15 is 0 Å². The van der Waals surface area contributed by atoms with Crippen molar-refractivity contribution in [3.05, 3.63) is 108 Å². The zero-order chi connectivity index (χ0) is 28.3. The number of nitrogens with zero attached hydrogens (tertiary/aromatic N) is 3. The van der Waals surface area contributed by atoms with E-state index in [-0.39, 0.29) is 17.9 Å². The number of hydrogen-bond donors (Lipinski definition) is 3. The molecule has 2 fully saturated rings. The van der Waals surface area contributed by atoms with Crippen LogP contribution in [0.3, 0.4) is 0 Å². The van der Waals surface area contributed by atoms with Gasteiger partial charge >= 0.3 is 0 Å². The fourth-order valence-electron chi connectivity index (χ4n) is 7.12. The van der Waals surface area contributed by atoms with E-state index in [9.17, 15) is 9.59 Å². The van der Waals surface area contributed by atoms with Gasteiger partial charge in [0.2, 0.25) is 0 Å². The first-order valence-electron chi connectivity index (χ1n) is 13.7. The van der Waals surface area contributed by atoms with Crippen LogP contribution in [0.4, 0.5) is 0 Å². The lowest BCUT2D eigenvalue weighted by Crippen LogP contribution is -2.50. The fourth-order valence-corrected chi connectivity index (χ4v) is 7.12. The van der Waals surface area contributed by atoms with E-state index < -0.39 is 21.9 Å². The lowest BCUT2D eigenvalue weighted by Gasteiger charge is -2.48. The molecule has 1 spiro atoms. The lowest BCUT2D eigenvalue weighted by molar-refractivity contribution is -0.127. The molecular formula is C32H34N6O2. The predicted octanol–water partition coefficient (Wildman–Crippen LogP) is 6.50. The highest BCUT2D eigenvalue weighted by atomic mass is 16.1. The molecule has 5 rings (SSSR count). The highest BCUT2D eigenvalue weighted by molar-refractivity contribution is 6.44. The molecule has 0 saturated heterocycles. The van der Waals surface area contributed by atoms with Gasteiger partial charge in [-0.05, 0) is 55.2 Å². The van der Waals surface area contributed by atoms with Gasteiger partial charge in [-0.25, -0.2) is 11.1 Å². The summed E-state index contributed by atoms with van der Waals surface area (Å²) in [5, 5.41) is 12.1. The molecule has 3 aromatic rings. The minimum absolute atomic E-state index is 0.163. The van der Waals surface area contributed by atoms with Gasteiger partial charge in [-0.1, -0.05) is 91.0 Å². The Hall–Kier alpha value is -4.33. The van der Waals surface area contributed by atoms with Gasteiger partial charge in [0, 0.05) is 6.42 Å². The van der Waals surface area contributed by atoms with Crippen LogP contribution in [0.2, 0.25) is 0 Å². The number of aldehydes is 1. The van der Waals surface area contributed by atoms with Crippen molar-refractivity contribution in [2.45, 2.75) is 61.4 Å². The fraction of sp³-hybridized carbons (Fsp3) is 0.344. The molecule has 0 aliphatic heterocycles. The van der Waals surface area contributed by atoms with Crippen LogP contribution < -0.4 is 5.84 Å². The van der Waals surface area contributed by atoms with Crippen molar-refractivity contribution >= 4 is 17.8 Å². The molecule has 8 heteroatoms. The first-order valence-corrected chi connectivity index (χ1v) is 13.7. The van der Waals surface area contributed by atoms with Crippen LogP contribution in [-0.4, -0.2) is 23.3 Å². The van der Waals surface area contributed by atoms with Crippen molar-refractivity contribution in [1.29, 1.82) is 11.1 Å². The summed E-state index contributed by atoms with van der Waals surface area (Å²) in [5.74, 6) is 5.49. The molecule has 4 N–H and O–H groups in total. The summed E-state index contributed by atoms with van der Waals surface area (Å²) in [6, 6.07) is 28.9. The summed E-state index contributed by atoms with van der Waals surface area (Å²) < 4.78 is 0. The predicted molar refractivity (Wildman–Crippen MR) is 152 cm³/mol. The first kappa shape index (κ1) is 27.2. The van der Waals surface area contributed by atoms with Gasteiger partial charge in [0.05, 0.1) is 16.4 Å². The van der Waals surface area contributed by atoms with Crippen LogP contribution in [0.15, 0.2) is 106 Å². The quantitative estimate of drug-likeness (QED) is 0.125. The van der Waals surface area contributed by atoms with Crippen LogP contribution in [0.1, 0.15) is 61.6 Å². The van der Waals surface area contributed by atoms with Gasteiger partial charge in [-0.15, -0.1) is 0 Å². The van der Waals surface area contributed by atoms with Crippen molar-refractivity contribution in [3.8, 4) is 0 Å². The molecule has 1 unspecified atom stereocenters. The maximum absolute atomic E-state index is 13.8. The van der Waals surface area contributed by atoms with Gasteiger partial charge in [-0.2, -0.15) is 15.3 Å². The summed E-state index contributed by atoms with van der Waals surface area (Å²) in [6.07, 6.45) is 3.88. The number of Topliss-reactive ketones (excluding diaryl/α,β-unsaturated/α-hetero) is 1. The Morgan fingerprint density at radius 1 is 0.800 bits per heavy atom.